The number of rotatable bonds is 11. The predicted molar refractivity (Wildman–Crippen MR) is 139 cm³/mol. The Balaban J connectivity index is 1.33. The highest BCUT2D eigenvalue weighted by Crippen LogP contribution is 2.52. The minimum absolute atomic E-state index is 0.00388. The van der Waals surface area contributed by atoms with E-state index in [-0.39, 0.29) is 41.6 Å². The number of aromatic nitrogens is 4. The third kappa shape index (κ3) is 6.81. The smallest absolute Gasteiger partial charge is 0.404 e. The normalized spacial score (nSPS) is 21.5. The molecular weight excluding hydrogens is 590 g/mol. The lowest BCUT2D eigenvalue weighted by atomic mass is 9.70. The number of nitrogen functional groups attached to an aromatic ring is 1. The quantitative estimate of drug-likeness (QED) is 0.180. The van der Waals surface area contributed by atoms with Gasteiger partial charge in [-0.15, -0.1) is 0 Å². The van der Waals surface area contributed by atoms with E-state index in [9.17, 15) is 32.5 Å². The van der Waals surface area contributed by atoms with Crippen LogP contribution in [-0.4, -0.2) is 42.5 Å². The van der Waals surface area contributed by atoms with Crippen LogP contribution in [0.3, 0.4) is 0 Å². The first-order chi connectivity index (χ1) is 19.4. The number of fused-ring (bicyclic) bond motifs is 1. The Labute approximate surface area is 229 Å². The van der Waals surface area contributed by atoms with Crippen LogP contribution >= 0.6 is 15.6 Å². The fourth-order valence-corrected chi connectivity index (χ4v) is 6.07. The van der Waals surface area contributed by atoms with Crippen molar-refractivity contribution in [1.82, 2.24) is 19.5 Å². The lowest BCUT2D eigenvalue weighted by Crippen LogP contribution is -2.43. The lowest BCUT2D eigenvalue weighted by Gasteiger charge is -2.45. The number of hydrogen-bond donors (Lipinski definition) is 4. The first-order valence-corrected chi connectivity index (χ1v) is 15.0. The summed E-state index contributed by atoms with van der Waals surface area (Å²) in [5, 5.41) is 0. The van der Waals surface area contributed by atoms with Crippen LogP contribution < -0.4 is 20.3 Å². The van der Waals surface area contributed by atoms with Crippen LogP contribution in [0.25, 0.3) is 11.2 Å². The monoisotopic (exact) mass is 613 g/mol. The van der Waals surface area contributed by atoms with Gasteiger partial charge in [0.05, 0.1) is 19.5 Å². The summed E-state index contributed by atoms with van der Waals surface area (Å²) >= 11 is 0. The van der Waals surface area contributed by atoms with E-state index in [0.29, 0.717) is 0 Å². The van der Waals surface area contributed by atoms with E-state index < -0.39 is 57.3 Å². The Bertz CT molecular complexity index is 1740. The van der Waals surface area contributed by atoms with Crippen LogP contribution in [0.15, 0.2) is 59.7 Å². The second kappa shape index (κ2) is 11.3. The zero-order valence-electron chi connectivity index (χ0n) is 20.9. The van der Waals surface area contributed by atoms with Crippen molar-refractivity contribution in [1.29, 1.82) is 0 Å². The van der Waals surface area contributed by atoms with Crippen LogP contribution in [0, 0.1) is 23.5 Å². The first-order valence-electron chi connectivity index (χ1n) is 12.0. The highest BCUT2D eigenvalue weighted by Gasteiger charge is 2.46. The summed E-state index contributed by atoms with van der Waals surface area (Å²) in [7, 11) is -9.44. The number of phosphoric ester groups is 2. The Morgan fingerprint density at radius 3 is 2.17 bits per heavy atom. The SMILES string of the molecule is Nc1nc2c(ncn2C2CC(COP(=O)(O)Oc3cccc(F)c3)C2COP(=O)(O)Oc2cccc(F)c2)c(=O)[nH]1. The van der Waals surface area contributed by atoms with Gasteiger partial charge in [0.15, 0.2) is 11.2 Å². The van der Waals surface area contributed by atoms with E-state index in [0.717, 1.165) is 24.3 Å². The summed E-state index contributed by atoms with van der Waals surface area (Å²) in [6.45, 7) is -0.794. The van der Waals surface area contributed by atoms with Crippen molar-refractivity contribution < 1.29 is 45.8 Å². The molecule has 41 heavy (non-hydrogen) atoms. The van der Waals surface area contributed by atoms with E-state index in [4.69, 9.17) is 23.8 Å². The average Bonchev–Trinajstić information content (AvgIpc) is 3.26. The number of nitrogens with two attached hydrogens (primary N) is 1. The number of imidazole rings is 1. The molecule has 1 fully saturated rings. The van der Waals surface area contributed by atoms with Crippen LogP contribution in [0.1, 0.15) is 12.5 Å². The van der Waals surface area contributed by atoms with Gasteiger partial charge in [0, 0.05) is 24.1 Å². The molecule has 0 aliphatic heterocycles. The van der Waals surface area contributed by atoms with Crippen LogP contribution in [0.5, 0.6) is 11.5 Å². The van der Waals surface area contributed by atoms with E-state index in [1.54, 1.807) is 0 Å². The van der Waals surface area contributed by atoms with Crippen molar-refractivity contribution in [3.8, 4) is 11.5 Å². The summed E-state index contributed by atoms with van der Waals surface area (Å²) in [4.78, 5) is 43.1. The highest BCUT2D eigenvalue weighted by molar-refractivity contribution is 7.48. The Morgan fingerprint density at radius 2 is 1.59 bits per heavy atom. The number of anilines is 1. The van der Waals surface area contributed by atoms with Gasteiger partial charge in [-0.1, -0.05) is 12.1 Å². The van der Waals surface area contributed by atoms with Gasteiger partial charge in [-0.3, -0.25) is 28.6 Å². The van der Waals surface area contributed by atoms with Crippen molar-refractivity contribution in [2.45, 2.75) is 12.5 Å². The first kappa shape index (κ1) is 28.9. The van der Waals surface area contributed by atoms with Gasteiger partial charge in [0.25, 0.3) is 5.56 Å². The minimum Gasteiger partial charge on any atom is -0.404 e. The number of nitrogens with zero attached hydrogens (tertiary/aromatic N) is 3. The van der Waals surface area contributed by atoms with Crippen molar-refractivity contribution in [2.75, 3.05) is 18.9 Å². The van der Waals surface area contributed by atoms with Gasteiger partial charge in [0.1, 0.15) is 23.1 Å². The molecule has 18 heteroatoms. The Kier molecular flexibility index (Phi) is 7.97. The van der Waals surface area contributed by atoms with Gasteiger partial charge in [-0.05, 0) is 36.6 Å². The number of nitrogens with one attached hydrogen (secondary N) is 1. The zero-order chi connectivity index (χ0) is 29.4. The summed E-state index contributed by atoms with van der Waals surface area (Å²) < 4.78 is 73.7. The fourth-order valence-electron chi connectivity index (χ4n) is 4.46. The summed E-state index contributed by atoms with van der Waals surface area (Å²) in [6, 6.07) is 8.63. The van der Waals surface area contributed by atoms with Gasteiger partial charge in [-0.2, -0.15) is 4.98 Å². The molecule has 5 rings (SSSR count). The van der Waals surface area contributed by atoms with Crippen molar-refractivity contribution in [3.05, 3.63) is 76.8 Å². The van der Waals surface area contributed by atoms with Crippen LogP contribution in [-0.2, 0) is 18.2 Å². The maximum Gasteiger partial charge on any atom is 0.527 e. The minimum atomic E-state index is -4.75. The Hall–Kier alpha value is -3.65. The molecule has 0 bridgehead atoms. The number of halogens is 2. The molecule has 2 aromatic carbocycles. The molecule has 5 atom stereocenters. The molecule has 14 nitrogen and oxygen atoms in total. The van der Waals surface area contributed by atoms with Gasteiger partial charge < -0.3 is 19.3 Å². The molecule has 1 saturated carbocycles. The largest absolute Gasteiger partial charge is 0.527 e. The van der Waals surface area contributed by atoms with Gasteiger partial charge >= 0.3 is 15.6 Å². The topological polar surface area (TPSA) is 201 Å². The molecule has 218 valence electrons. The molecule has 4 aromatic rings. The average molecular weight is 613 g/mol. The molecule has 0 saturated heterocycles. The second-order valence-corrected chi connectivity index (χ2v) is 11.9. The predicted octanol–water partition coefficient (Wildman–Crippen LogP) is 3.55. The standard InChI is InChI=1S/C23H23F2N5O9P2/c24-14-3-1-5-16(8-14)38-40(32,33)36-10-13-7-19(30-12-27-20-21(30)28-23(26)29-22(20)31)18(13)11-37-41(34,35)39-17-6-2-4-15(25)9-17/h1-6,8-9,12-13,18-19H,7,10-11H2,(H,32,33)(H,34,35)(H3,26,28,29,31). The third-order valence-corrected chi connectivity index (χ3v) is 8.20. The highest BCUT2D eigenvalue weighted by atomic mass is 31.2. The number of H-pyrrole nitrogens is 1. The molecule has 1 aliphatic rings. The van der Waals surface area contributed by atoms with Gasteiger partial charge in [0.2, 0.25) is 5.95 Å². The van der Waals surface area contributed by atoms with Crippen molar-refractivity contribution >= 4 is 32.8 Å². The molecule has 5 N–H and O–H groups in total. The number of benzene rings is 2. The molecule has 2 aromatic heterocycles. The molecule has 0 spiro atoms. The lowest BCUT2D eigenvalue weighted by molar-refractivity contribution is -0.00445. The fraction of sp³-hybridized carbons (Fsp3) is 0.261. The van der Waals surface area contributed by atoms with Crippen LogP contribution in [0.2, 0.25) is 0 Å². The molecule has 2 heterocycles. The van der Waals surface area contributed by atoms with E-state index in [1.165, 1.54) is 35.2 Å². The van der Waals surface area contributed by atoms with Gasteiger partial charge in [-0.25, -0.2) is 22.9 Å². The molecule has 1 aliphatic carbocycles. The molecule has 0 amide bonds. The van der Waals surface area contributed by atoms with E-state index in [2.05, 4.69) is 15.0 Å². The van der Waals surface area contributed by atoms with Crippen molar-refractivity contribution in [2.24, 2.45) is 11.8 Å². The van der Waals surface area contributed by atoms with Crippen LogP contribution in [0.4, 0.5) is 14.7 Å². The maximum absolute atomic E-state index is 13.5. The van der Waals surface area contributed by atoms with Crippen molar-refractivity contribution in [3.63, 3.8) is 0 Å². The molecule has 5 unspecified atom stereocenters. The second-order valence-electron chi connectivity index (χ2n) is 9.13. The Morgan fingerprint density at radius 1 is 1.00 bits per heavy atom. The summed E-state index contributed by atoms with van der Waals surface area (Å²) in [6.07, 6.45) is 1.61. The third-order valence-electron chi connectivity index (χ3n) is 6.37. The number of hydrogen-bond acceptors (Lipinski definition) is 10. The van der Waals surface area contributed by atoms with E-state index in [1.807, 2.05) is 0 Å². The molecule has 0 radical (unpaired) electrons. The zero-order valence-corrected chi connectivity index (χ0v) is 22.7. The van der Waals surface area contributed by atoms with E-state index >= 15 is 0 Å². The molecular formula is C23H23F2N5O9P2. The number of phosphoric acid groups is 2. The summed E-state index contributed by atoms with van der Waals surface area (Å²) in [5.41, 5.74) is 5.26. The maximum atomic E-state index is 13.5. The number of aromatic amines is 1. The summed E-state index contributed by atoms with van der Waals surface area (Å²) in [5.74, 6) is -3.20.